The van der Waals surface area contributed by atoms with Gasteiger partial charge in [0.15, 0.2) is 0 Å². The molecule has 6 heteroatoms. The molecule has 0 aliphatic heterocycles. The van der Waals surface area contributed by atoms with E-state index in [2.05, 4.69) is 0 Å². The predicted molar refractivity (Wildman–Crippen MR) is 57.8 cm³/mol. The minimum Gasteiger partial charge on any atom is -0.481 e. The summed E-state index contributed by atoms with van der Waals surface area (Å²) in [4.78, 5) is 0. The Morgan fingerprint density at radius 1 is 1.13 bits per heavy atom. The van der Waals surface area contributed by atoms with Crippen LogP contribution < -0.4 is 0 Å². The Bertz CT molecular complexity index is 251. The number of aliphatic hydroxyl groups is 1. The van der Waals surface area contributed by atoms with Crippen molar-refractivity contribution in [2.45, 2.75) is 27.7 Å². The monoisotopic (exact) mass is 238 g/mol. The molecule has 0 heterocycles. The van der Waals surface area contributed by atoms with Crippen LogP contribution in [0.15, 0.2) is 11.3 Å². The van der Waals surface area contributed by atoms with Crippen molar-refractivity contribution in [1.82, 2.24) is 0 Å². The highest BCUT2D eigenvalue weighted by Gasteiger charge is 2.30. The Morgan fingerprint density at radius 2 is 1.60 bits per heavy atom. The van der Waals surface area contributed by atoms with E-state index in [4.69, 9.17) is 13.8 Å². The van der Waals surface area contributed by atoms with Gasteiger partial charge in [-0.2, -0.15) is 0 Å². The molecule has 90 valence electrons. The average molecular weight is 238 g/mol. The summed E-state index contributed by atoms with van der Waals surface area (Å²) in [6.45, 7) is 7.38. The van der Waals surface area contributed by atoms with Gasteiger partial charge in [0.2, 0.25) is 0 Å². The normalized spacial score (nSPS) is 13.6. The Kier molecular flexibility index (Phi) is 6.65. The van der Waals surface area contributed by atoms with Crippen LogP contribution in [0.2, 0.25) is 0 Å². The molecule has 0 aliphatic carbocycles. The van der Waals surface area contributed by atoms with Gasteiger partial charge in [0.05, 0.1) is 19.8 Å². The first-order valence-corrected chi connectivity index (χ1v) is 6.48. The molecule has 5 nitrogen and oxygen atoms in total. The molecule has 0 atom stereocenters. The van der Waals surface area contributed by atoms with Crippen LogP contribution in [-0.4, -0.2) is 24.9 Å². The van der Waals surface area contributed by atoms with E-state index in [1.807, 2.05) is 0 Å². The number of hydrogen-bond donors (Lipinski definition) is 1. The van der Waals surface area contributed by atoms with Gasteiger partial charge in [0, 0.05) is 0 Å². The molecule has 0 aromatic carbocycles. The zero-order chi connectivity index (χ0) is 11.9. The maximum Gasteiger partial charge on any atom is 0.364 e. The minimum atomic E-state index is -3.39. The van der Waals surface area contributed by atoms with Crippen molar-refractivity contribution >= 4 is 7.60 Å². The third-order valence-electron chi connectivity index (χ3n) is 1.60. The molecule has 15 heavy (non-hydrogen) atoms. The standard InChI is InChI=1S/C9H19O5P/c1-5-12-9(10)8(4)15(11,13-6-2)14-7-3/h10H,5-7H2,1-4H3/b9-8+. The zero-order valence-corrected chi connectivity index (χ0v) is 10.5. The summed E-state index contributed by atoms with van der Waals surface area (Å²) in [7, 11) is -3.39. The Hall–Kier alpha value is -0.510. The third-order valence-corrected chi connectivity index (χ3v) is 3.81. The summed E-state index contributed by atoms with van der Waals surface area (Å²) in [6.07, 6.45) is 0. The van der Waals surface area contributed by atoms with E-state index in [-0.39, 0.29) is 24.5 Å². The molecule has 0 amide bonds. The molecular weight excluding hydrogens is 219 g/mol. The number of ether oxygens (including phenoxy) is 1. The van der Waals surface area contributed by atoms with Gasteiger partial charge in [-0.05, 0) is 27.7 Å². The van der Waals surface area contributed by atoms with Gasteiger partial charge in [-0.3, -0.25) is 4.57 Å². The van der Waals surface area contributed by atoms with Gasteiger partial charge in [0.1, 0.15) is 5.31 Å². The van der Waals surface area contributed by atoms with E-state index in [9.17, 15) is 9.67 Å². The highest BCUT2D eigenvalue weighted by atomic mass is 31.2. The lowest BCUT2D eigenvalue weighted by molar-refractivity contribution is 0.0980. The molecule has 0 unspecified atom stereocenters. The van der Waals surface area contributed by atoms with Crippen molar-refractivity contribution < 1.29 is 23.5 Å². The van der Waals surface area contributed by atoms with Crippen molar-refractivity contribution in [3.63, 3.8) is 0 Å². The van der Waals surface area contributed by atoms with Crippen molar-refractivity contribution in [3.05, 3.63) is 11.3 Å². The van der Waals surface area contributed by atoms with Crippen molar-refractivity contribution in [2.24, 2.45) is 0 Å². The lowest BCUT2D eigenvalue weighted by Crippen LogP contribution is -2.01. The van der Waals surface area contributed by atoms with E-state index in [1.54, 1.807) is 20.8 Å². The van der Waals surface area contributed by atoms with Crippen LogP contribution >= 0.6 is 7.60 Å². The zero-order valence-electron chi connectivity index (χ0n) is 9.65. The first-order valence-electron chi connectivity index (χ1n) is 4.94. The highest BCUT2D eigenvalue weighted by molar-refractivity contribution is 7.58. The largest absolute Gasteiger partial charge is 0.481 e. The van der Waals surface area contributed by atoms with Crippen LogP contribution in [0.1, 0.15) is 27.7 Å². The van der Waals surface area contributed by atoms with Gasteiger partial charge >= 0.3 is 7.60 Å². The Balaban J connectivity index is 4.90. The Morgan fingerprint density at radius 3 is 1.93 bits per heavy atom. The van der Waals surface area contributed by atoms with E-state index < -0.39 is 7.60 Å². The highest BCUT2D eigenvalue weighted by Crippen LogP contribution is 2.56. The van der Waals surface area contributed by atoms with E-state index in [0.717, 1.165) is 0 Å². The molecule has 0 aromatic rings. The first kappa shape index (κ1) is 14.5. The predicted octanol–water partition coefficient (Wildman–Crippen LogP) is 3.04. The van der Waals surface area contributed by atoms with Crippen LogP contribution in [0.4, 0.5) is 0 Å². The van der Waals surface area contributed by atoms with Crippen LogP contribution in [0, 0.1) is 0 Å². The summed E-state index contributed by atoms with van der Waals surface area (Å²) < 4.78 is 27.0. The summed E-state index contributed by atoms with van der Waals surface area (Å²) >= 11 is 0. The molecule has 0 aromatic heterocycles. The van der Waals surface area contributed by atoms with Crippen molar-refractivity contribution in [1.29, 1.82) is 0 Å². The lowest BCUT2D eigenvalue weighted by atomic mass is 10.7. The fraction of sp³-hybridized carbons (Fsp3) is 0.778. The summed E-state index contributed by atoms with van der Waals surface area (Å²) in [5, 5.41) is 9.54. The van der Waals surface area contributed by atoms with Crippen LogP contribution in [0.25, 0.3) is 0 Å². The van der Waals surface area contributed by atoms with Gasteiger partial charge in [-0.25, -0.2) is 0 Å². The van der Waals surface area contributed by atoms with E-state index >= 15 is 0 Å². The molecular formula is C9H19O5P. The molecule has 0 radical (unpaired) electrons. The third kappa shape index (κ3) is 4.24. The summed E-state index contributed by atoms with van der Waals surface area (Å²) in [6, 6.07) is 0. The van der Waals surface area contributed by atoms with E-state index in [1.165, 1.54) is 6.92 Å². The van der Waals surface area contributed by atoms with Gasteiger partial charge in [-0.1, -0.05) is 0 Å². The van der Waals surface area contributed by atoms with Crippen LogP contribution in [0.5, 0.6) is 0 Å². The maximum absolute atomic E-state index is 12.1. The second kappa shape index (κ2) is 6.88. The van der Waals surface area contributed by atoms with Crippen LogP contribution in [-0.2, 0) is 18.3 Å². The Labute approximate surface area is 90.6 Å². The number of rotatable bonds is 7. The second-order valence-corrected chi connectivity index (χ2v) is 4.84. The summed E-state index contributed by atoms with van der Waals surface area (Å²) in [5.74, 6) is -0.386. The first-order chi connectivity index (χ1) is 7.01. The SMILES string of the molecule is CCO/C(O)=C(\C)P(=O)(OCC)OCC. The minimum absolute atomic E-state index is 0.105. The van der Waals surface area contributed by atoms with Crippen LogP contribution in [0.3, 0.4) is 0 Å². The molecule has 0 spiro atoms. The molecule has 0 saturated heterocycles. The fourth-order valence-corrected chi connectivity index (χ4v) is 2.37. The average Bonchev–Trinajstić information content (AvgIpc) is 2.17. The molecule has 0 rings (SSSR count). The van der Waals surface area contributed by atoms with E-state index in [0.29, 0.717) is 6.61 Å². The second-order valence-electron chi connectivity index (χ2n) is 2.66. The molecule has 0 saturated carbocycles. The topological polar surface area (TPSA) is 65.0 Å². The van der Waals surface area contributed by atoms with Crippen molar-refractivity contribution in [3.8, 4) is 0 Å². The quantitative estimate of drug-likeness (QED) is 0.545. The molecule has 1 N–H and O–H groups in total. The number of allylic oxidation sites excluding steroid dienone is 1. The molecule has 0 bridgehead atoms. The summed E-state index contributed by atoms with van der Waals surface area (Å²) in [5.41, 5.74) is 0. The number of aliphatic hydroxyl groups excluding tert-OH is 1. The van der Waals surface area contributed by atoms with Gasteiger partial charge in [-0.15, -0.1) is 0 Å². The lowest BCUT2D eigenvalue weighted by Gasteiger charge is -2.18. The van der Waals surface area contributed by atoms with Crippen molar-refractivity contribution in [2.75, 3.05) is 19.8 Å². The molecule has 0 aliphatic rings. The smallest absolute Gasteiger partial charge is 0.364 e. The van der Waals surface area contributed by atoms with Gasteiger partial charge < -0.3 is 18.9 Å². The fourth-order valence-electron chi connectivity index (χ4n) is 0.929. The number of hydrogen-bond acceptors (Lipinski definition) is 5. The molecule has 0 fully saturated rings. The maximum atomic E-state index is 12.1. The van der Waals surface area contributed by atoms with Gasteiger partial charge in [0.25, 0.3) is 5.95 Å².